The number of aromatic nitrogens is 14. The number of rotatable bonds is 29. The lowest BCUT2D eigenvalue weighted by Gasteiger charge is -2.18. The van der Waals surface area contributed by atoms with Gasteiger partial charge in [-0.05, 0) is 162 Å². The SMILES string of the molecule is C=P(C)(C)CC[C@H]1OC(=[N+]2C=Nc3c(NC/C=C(/C)CC)nc(OC)nc32)[C@H](O)[C@@H]1O.C=P(C)(C)CC[C@H]1O[C@@H](n2cnc3c(N)nc(C)nc32)[C@H](O)[C@@H]1O.C=P(C)(C)CC[C@H]1O[C@@H](n2cnc3c(NC/C=C(/C)CC)nc(SC)nc32)[C@H](O)[C@@H]1O.C=P(C)(C)CC[C@H]1O[C@@H](n2cnc3c(NC/C=C(/C)CC)ncnc32)[C@H](O)[C@@H]1O. The van der Waals surface area contributed by atoms with Gasteiger partial charge in [0.25, 0.3) is 11.6 Å². The standard InChI is InChI=1S/C21H33N5O4P.C21H34N5O3PS.C20H32N5O3P.C15H24N5O3P/c1-7-13(2)8-10-22-18-15-19(25-21(24-18)29-3)26(12-23-15)20-17(28)16(27)14(30-20)9-11-31(4,5)6;1-7-13(2)8-10-22-18-15-19(25-21(24-18)31-6)26(12-23-15)20-17(28)16(27)14(29-20)9-11-30(3,4)5;1-6-13(2)7-9-21-18-15-19(23-11-22-18)25(12-24-15)20-17(27)16(26)14(28-20)8-10-29(3,4)5;1-8-18-13(16)10-14(19-8)20(7-17-10)15-12(22)11(21)9(23-15)5-6-24(2,3)4/h8,12,14,16-17,27-28H,4,7,9-11H2,1-3,5-6H3,(H,22,24,25);8,12,14,16-17,20,27-28H,3,7,9-11H2,1-2,4-6H3,(H,22,24,25);7,11-12,14,16-17,20,26-27H,3,6,8-10H2,1-2,4-5H3,(H,21,22,23);7,9,11-12,15,21-22H,2,5-6H2,1,3-4H3,(H2,16,18,19)/q+1;;;/b13-8-,26-20?;13-8-;13-7-;/t14-,16-,17-;2*14-,16-,17-,20-;9-,11-,12-,15-/m1111/s1. The highest BCUT2D eigenvalue weighted by molar-refractivity contribution is 7.98. The van der Waals surface area contributed by atoms with Crippen LogP contribution < -0.4 is 26.4 Å². The number of nitrogens with one attached hydrogen (secondary N) is 3. The van der Waals surface area contributed by atoms with Gasteiger partial charge in [0.15, 0.2) is 81.2 Å². The third-order valence-corrected chi connectivity index (χ3v) is 26.7. The fourth-order valence-electron chi connectivity index (χ4n) is 12.9. The van der Waals surface area contributed by atoms with Gasteiger partial charge in [0.2, 0.25) is 6.34 Å². The molecule has 0 aliphatic carbocycles. The fourth-order valence-corrected chi connectivity index (χ4v) is 17.1. The van der Waals surface area contributed by atoms with E-state index in [2.05, 4.69) is 214 Å². The van der Waals surface area contributed by atoms with Crippen LogP contribution in [0, 0.1) is 6.92 Å². The average molecular weight is 1690 g/mol. The lowest BCUT2D eigenvalue weighted by molar-refractivity contribution is -0.313. The number of thioether (sulfide) groups is 1. The Morgan fingerprint density at radius 1 is 0.530 bits per heavy atom. The molecule has 0 bridgehead atoms. The minimum atomic E-state index is -1.27. The summed E-state index contributed by atoms with van der Waals surface area (Å²) < 4.78 is 35.8. The van der Waals surface area contributed by atoms with Crippen LogP contribution in [0.2, 0.25) is 0 Å². The third-order valence-electron chi connectivity index (χ3n) is 20.3. The summed E-state index contributed by atoms with van der Waals surface area (Å²) in [5, 5.41) is 94.7. The topological polar surface area (TPSA) is 442 Å². The Bertz CT molecular complexity index is 4880. The summed E-state index contributed by atoms with van der Waals surface area (Å²) in [6.45, 7) is 28.3. The molecule has 33 nitrogen and oxygen atoms in total. The van der Waals surface area contributed by atoms with Crippen molar-refractivity contribution >= 4 is 145 Å². The number of aryl methyl sites for hydroxylation is 1. The van der Waals surface area contributed by atoms with Gasteiger partial charge in [0.05, 0.1) is 44.4 Å². The van der Waals surface area contributed by atoms with Crippen molar-refractivity contribution in [1.29, 1.82) is 0 Å². The number of allylic oxidation sites excluding steroid dienone is 3. The van der Waals surface area contributed by atoms with Crippen molar-refractivity contribution in [2.75, 3.05) is 133 Å². The van der Waals surface area contributed by atoms with Crippen LogP contribution in [0.1, 0.15) is 111 Å². The molecule has 4 fully saturated rings. The molecule has 0 amide bonds. The highest BCUT2D eigenvalue weighted by Crippen LogP contribution is 2.45. The highest BCUT2D eigenvalue weighted by Gasteiger charge is 2.49. The van der Waals surface area contributed by atoms with E-state index in [1.54, 1.807) is 37.9 Å². The number of fused-ring (bicyclic) bond motifs is 4. The van der Waals surface area contributed by atoms with Crippen molar-refractivity contribution in [2.45, 2.75) is 190 Å². The minimum absolute atomic E-state index is 0.168. The number of nitrogens with zero attached hydrogens (tertiary/aromatic N) is 16. The second-order valence-electron chi connectivity index (χ2n) is 32.5. The van der Waals surface area contributed by atoms with E-state index in [4.69, 9.17) is 29.4 Å². The van der Waals surface area contributed by atoms with Gasteiger partial charge < -0.3 is 86.2 Å². The normalized spacial score (nSPS) is 25.9. The fraction of sp³-hybridized carbons (Fsp3) is 0.597. The summed E-state index contributed by atoms with van der Waals surface area (Å²) in [7, 11) is 1.49. The van der Waals surface area contributed by atoms with E-state index in [0.29, 0.717) is 119 Å². The van der Waals surface area contributed by atoms with Crippen LogP contribution in [0.5, 0.6) is 6.01 Å². The molecule has 0 saturated carbocycles. The summed E-state index contributed by atoms with van der Waals surface area (Å²) in [4.78, 5) is 52.6. The predicted octanol–water partition coefficient (Wildman–Crippen LogP) is 7.97. The second-order valence-corrected chi connectivity index (χ2v) is 50.5. The molecule has 15 atom stereocenters. The summed E-state index contributed by atoms with van der Waals surface area (Å²) in [5.74, 6) is 3.21. The number of nitrogen functional groups attached to an aromatic ring is 1. The molecule has 12 heterocycles. The van der Waals surface area contributed by atoms with E-state index in [0.717, 1.165) is 43.9 Å². The number of imidazole rings is 3. The molecule has 12 rings (SSSR count). The maximum Gasteiger partial charge on any atom is 0.397 e. The zero-order chi connectivity index (χ0) is 84.3. The van der Waals surface area contributed by atoms with Gasteiger partial charge in [0, 0.05) is 19.6 Å². The number of aliphatic hydroxyl groups is 8. The maximum absolute atomic E-state index is 10.7. The molecule has 7 aromatic rings. The zero-order valence-corrected chi connectivity index (χ0v) is 74.0. The lowest BCUT2D eigenvalue weighted by Crippen LogP contribution is -2.33. The third kappa shape index (κ3) is 23.8. The van der Waals surface area contributed by atoms with E-state index in [9.17, 15) is 40.9 Å². The van der Waals surface area contributed by atoms with Gasteiger partial charge in [-0.15, -0.1) is 52.7 Å². The minimum Gasteiger partial charge on any atom is -0.463 e. The Kier molecular flexibility index (Phi) is 31.9. The van der Waals surface area contributed by atoms with Gasteiger partial charge in [0.1, 0.15) is 66.5 Å². The van der Waals surface area contributed by atoms with Crippen LogP contribution >= 0.6 is 39.3 Å². The molecule has 0 radical (unpaired) electrons. The summed E-state index contributed by atoms with van der Waals surface area (Å²) in [5.41, 5.74) is 13.5. The van der Waals surface area contributed by atoms with Crippen LogP contribution in [-0.4, -0.2) is 336 Å². The van der Waals surface area contributed by atoms with Crippen molar-refractivity contribution in [3.8, 4) is 6.01 Å². The summed E-state index contributed by atoms with van der Waals surface area (Å²) >= 11 is 1.43. The lowest BCUT2D eigenvalue weighted by atomic mass is 10.1. The molecule has 634 valence electrons. The number of aliphatic hydroxyl groups excluding tert-OH is 8. The smallest absolute Gasteiger partial charge is 0.397 e. The van der Waals surface area contributed by atoms with Crippen LogP contribution in [0.3, 0.4) is 0 Å². The number of hydrogen-bond donors (Lipinski definition) is 12. The number of hydrogen-bond acceptors (Lipinski definition) is 30. The van der Waals surface area contributed by atoms with Gasteiger partial charge >= 0.3 is 11.8 Å². The second kappa shape index (κ2) is 39.8. The molecule has 5 aliphatic heterocycles. The van der Waals surface area contributed by atoms with Crippen LogP contribution in [0.4, 0.5) is 34.8 Å². The monoisotopic (exact) mass is 1690 g/mol. The van der Waals surface area contributed by atoms with Crippen molar-refractivity contribution in [2.24, 2.45) is 4.99 Å². The zero-order valence-electron chi connectivity index (χ0n) is 69.6. The molecule has 7 aromatic heterocycles. The number of nitrogens with two attached hydrogens (primary N) is 1. The highest BCUT2D eigenvalue weighted by atomic mass is 32.2. The molecule has 4 saturated heterocycles. The molecule has 0 spiro atoms. The predicted molar refractivity (Wildman–Crippen MR) is 472 cm³/mol. The molecule has 115 heavy (non-hydrogen) atoms. The Morgan fingerprint density at radius 3 is 1.39 bits per heavy atom. The van der Waals surface area contributed by atoms with E-state index in [-0.39, 0.29) is 17.7 Å². The first kappa shape index (κ1) is 92.1. The largest absolute Gasteiger partial charge is 0.463 e. The van der Waals surface area contributed by atoms with Gasteiger partial charge in [-0.1, -0.05) is 72.5 Å². The molecule has 0 aromatic carbocycles. The summed E-state index contributed by atoms with van der Waals surface area (Å²) in [6, 6.07) is 0.168. The Morgan fingerprint density at radius 2 is 0.948 bits per heavy atom. The quantitative estimate of drug-likeness (QED) is 0.00695. The number of aliphatic imine (C=N–C) groups is 1. The first-order valence-electron chi connectivity index (χ1n) is 38.7. The Labute approximate surface area is 679 Å². The van der Waals surface area contributed by atoms with Gasteiger partial charge in [-0.2, -0.15) is 9.56 Å². The van der Waals surface area contributed by atoms with E-state index < -0.39 is 119 Å². The number of anilines is 4. The van der Waals surface area contributed by atoms with E-state index >= 15 is 0 Å². The van der Waals surface area contributed by atoms with Crippen molar-refractivity contribution < 1.29 is 69.1 Å². The Hall–Kier alpha value is -6.80. The van der Waals surface area contributed by atoms with Crippen molar-refractivity contribution in [3.05, 3.63) is 66.1 Å². The first-order chi connectivity index (χ1) is 54.2. The van der Waals surface area contributed by atoms with E-state index in [1.165, 1.54) is 54.6 Å². The van der Waals surface area contributed by atoms with Crippen LogP contribution in [0.15, 0.2) is 70.4 Å². The molecule has 0 unspecified atom stereocenters. The van der Waals surface area contributed by atoms with Crippen LogP contribution in [-0.2, 0) is 18.9 Å². The molecule has 13 N–H and O–H groups in total. The first-order valence-corrected chi connectivity index (χ1v) is 52.2. The Balaban J connectivity index is 0.000000176. The molecule has 38 heteroatoms. The molecular formula is C77H123N20O13P4S+. The van der Waals surface area contributed by atoms with Crippen molar-refractivity contribution in [1.82, 2.24) is 68.5 Å². The number of ether oxygens (including phenoxy) is 5. The average Bonchev–Trinajstić information content (AvgIpc) is 1.63. The van der Waals surface area contributed by atoms with Gasteiger partial charge in [-0.3, -0.25) is 13.7 Å². The maximum atomic E-state index is 10.7. The summed E-state index contributed by atoms with van der Waals surface area (Å²) in [6.07, 6.45) is 29.5. The molecule has 5 aliphatic rings. The van der Waals surface area contributed by atoms with E-state index in [1.807, 2.05) is 6.26 Å². The van der Waals surface area contributed by atoms with Crippen LogP contribution in [0.25, 0.3) is 33.5 Å². The van der Waals surface area contributed by atoms with Crippen molar-refractivity contribution in [3.63, 3.8) is 0 Å². The number of methoxy groups -OCH3 is 1. The molecular weight excluding hydrogens is 1570 g/mol. The van der Waals surface area contributed by atoms with Gasteiger partial charge in [-0.25, -0.2) is 44.9 Å².